The zero-order valence-electron chi connectivity index (χ0n) is 11.9. The van der Waals surface area contributed by atoms with Gasteiger partial charge in [-0.05, 0) is 59.3 Å². The molecule has 0 aliphatic rings. The number of halogens is 2. The van der Waals surface area contributed by atoms with E-state index in [2.05, 4.69) is 37.2 Å². The average molecular weight is 429 g/mol. The molecule has 0 atom stereocenters. The molecule has 116 valence electrons. The number of nitrogens with one attached hydrogen (secondary N) is 1. The molecule has 2 aromatic carbocycles. The van der Waals surface area contributed by atoms with E-state index in [1.165, 1.54) is 0 Å². The molecule has 6 heteroatoms. The van der Waals surface area contributed by atoms with Crippen LogP contribution in [0.4, 0.5) is 5.69 Å². The number of hydrogen-bond acceptors (Lipinski definition) is 3. The summed E-state index contributed by atoms with van der Waals surface area (Å²) in [5, 5.41) is 12.2. The molecule has 2 rings (SSSR count). The first-order valence-electron chi connectivity index (χ1n) is 6.69. The molecular weight excluding hydrogens is 414 g/mol. The van der Waals surface area contributed by atoms with E-state index in [1.54, 1.807) is 24.3 Å². The number of benzene rings is 2. The van der Waals surface area contributed by atoms with E-state index in [0.717, 1.165) is 25.9 Å². The lowest BCUT2D eigenvalue weighted by atomic mass is 10.1. The van der Waals surface area contributed by atoms with Gasteiger partial charge in [0.15, 0.2) is 0 Å². The van der Waals surface area contributed by atoms with Crippen molar-refractivity contribution < 1.29 is 14.6 Å². The minimum absolute atomic E-state index is 0.269. The van der Waals surface area contributed by atoms with Crippen molar-refractivity contribution in [2.45, 2.75) is 13.5 Å². The number of carbonyl (C=O) groups is 1. The first-order chi connectivity index (χ1) is 10.5. The molecule has 0 saturated carbocycles. The molecule has 0 aliphatic heterocycles. The topological polar surface area (TPSA) is 58.6 Å². The van der Waals surface area contributed by atoms with E-state index in [9.17, 15) is 4.79 Å². The molecular formula is C16H15Br2NO3. The lowest BCUT2D eigenvalue weighted by molar-refractivity contribution is 0.0697. The van der Waals surface area contributed by atoms with Crippen LogP contribution < -0.4 is 10.1 Å². The van der Waals surface area contributed by atoms with Crippen LogP contribution in [-0.4, -0.2) is 17.7 Å². The molecule has 0 saturated heterocycles. The van der Waals surface area contributed by atoms with Crippen molar-refractivity contribution in [1.29, 1.82) is 0 Å². The van der Waals surface area contributed by atoms with E-state index >= 15 is 0 Å². The molecule has 22 heavy (non-hydrogen) atoms. The summed E-state index contributed by atoms with van der Waals surface area (Å²) in [6.07, 6.45) is 0. The summed E-state index contributed by atoms with van der Waals surface area (Å²) in [5.41, 5.74) is 2.12. The molecule has 0 heterocycles. The maximum Gasteiger partial charge on any atom is 0.335 e. The molecule has 0 aromatic heterocycles. The van der Waals surface area contributed by atoms with Crippen molar-refractivity contribution in [2.75, 3.05) is 11.9 Å². The van der Waals surface area contributed by atoms with Gasteiger partial charge < -0.3 is 15.2 Å². The fourth-order valence-electron chi connectivity index (χ4n) is 1.98. The van der Waals surface area contributed by atoms with Crippen molar-refractivity contribution in [2.24, 2.45) is 0 Å². The highest BCUT2D eigenvalue weighted by atomic mass is 79.9. The van der Waals surface area contributed by atoms with Crippen molar-refractivity contribution in [3.8, 4) is 5.75 Å². The van der Waals surface area contributed by atoms with Crippen LogP contribution in [0.3, 0.4) is 0 Å². The van der Waals surface area contributed by atoms with Crippen molar-refractivity contribution in [3.63, 3.8) is 0 Å². The van der Waals surface area contributed by atoms with Crippen LogP contribution in [0.2, 0.25) is 0 Å². The molecule has 0 bridgehead atoms. The molecule has 0 spiro atoms. The van der Waals surface area contributed by atoms with E-state index in [4.69, 9.17) is 9.84 Å². The molecule has 0 aliphatic carbocycles. The lowest BCUT2D eigenvalue weighted by Crippen LogP contribution is -2.04. The third-order valence-electron chi connectivity index (χ3n) is 2.99. The highest BCUT2D eigenvalue weighted by molar-refractivity contribution is 9.11. The van der Waals surface area contributed by atoms with Crippen LogP contribution in [0.15, 0.2) is 45.3 Å². The summed E-state index contributed by atoms with van der Waals surface area (Å²) in [6, 6.07) is 10.6. The second-order valence-electron chi connectivity index (χ2n) is 4.54. The largest absolute Gasteiger partial charge is 0.492 e. The zero-order valence-corrected chi connectivity index (χ0v) is 15.1. The molecule has 0 amide bonds. The van der Waals surface area contributed by atoms with Crippen molar-refractivity contribution in [3.05, 3.63) is 56.5 Å². The van der Waals surface area contributed by atoms with Gasteiger partial charge in [-0.3, -0.25) is 0 Å². The Morgan fingerprint density at radius 1 is 1.23 bits per heavy atom. The first kappa shape index (κ1) is 16.8. The lowest BCUT2D eigenvalue weighted by Gasteiger charge is -2.14. The predicted octanol–water partition coefficient (Wildman–Crippen LogP) is 4.92. The number of hydrogen-bond donors (Lipinski definition) is 2. The summed E-state index contributed by atoms with van der Waals surface area (Å²) >= 11 is 6.97. The number of carboxylic acids is 1. The number of carboxylic acid groups (broad SMARTS) is 1. The fraction of sp³-hybridized carbons (Fsp3) is 0.188. The Bertz CT molecular complexity index is 672. The smallest absolute Gasteiger partial charge is 0.335 e. The summed E-state index contributed by atoms with van der Waals surface area (Å²) in [7, 11) is 0. The third kappa shape index (κ3) is 4.24. The first-order valence-corrected chi connectivity index (χ1v) is 8.27. The van der Waals surface area contributed by atoms with Crippen LogP contribution in [0, 0.1) is 0 Å². The van der Waals surface area contributed by atoms with Crippen molar-refractivity contribution >= 4 is 43.5 Å². The van der Waals surface area contributed by atoms with Gasteiger partial charge in [0.2, 0.25) is 0 Å². The van der Waals surface area contributed by atoms with Gasteiger partial charge in [0.05, 0.1) is 16.6 Å². The van der Waals surface area contributed by atoms with E-state index in [-0.39, 0.29) is 5.56 Å². The monoisotopic (exact) mass is 427 g/mol. The van der Waals surface area contributed by atoms with Gasteiger partial charge in [-0.15, -0.1) is 0 Å². The van der Waals surface area contributed by atoms with E-state index in [0.29, 0.717) is 13.2 Å². The number of rotatable bonds is 6. The highest BCUT2D eigenvalue weighted by Crippen LogP contribution is 2.33. The van der Waals surface area contributed by atoms with Crippen LogP contribution in [0.25, 0.3) is 0 Å². The molecule has 4 nitrogen and oxygen atoms in total. The molecule has 0 fully saturated rings. The Hall–Kier alpha value is -1.53. The van der Waals surface area contributed by atoms with Crippen LogP contribution >= 0.6 is 31.9 Å². The minimum Gasteiger partial charge on any atom is -0.492 e. The third-order valence-corrected chi connectivity index (χ3v) is 4.04. The van der Waals surface area contributed by atoms with Gasteiger partial charge in [-0.25, -0.2) is 4.79 Å². The molecule has 0 unspecified atom stereocenters. The quantitative estimate of drug-likeness (QED) is 0.685. The SMILES string of the molecule is CCOc1c(Br)cc(Br)cc1CNc1ccc(C(=O)O)cc1. The van der Waals surface area contributed by atoms with Crippen LogP contribution in [-0.2, 0) is 6.54 Å². The van der Waals surface area contributed by atoms with E-state index in [1.807, 2.05) is 19.1 Å². The van der Waals surface area contributed by atoms with E-state index < -0.39 is 5.97 Å². The molecule has 0 radical (unpaired) electrons. The maximum absolute atomic E-state index is 10.8. The summed E-state index contributed by atoms with van der Waals surface area (Å²) < 4.78 is 7.53. The fourth-order valence-corrected chi connectivity index (χ4v) is 3.41. The standard InChI is InChI=1S/C16H15Br2NO3/c1-2-22-15-11(7-12(17)8-14(15)18)9-19-13-5-3-10(4-6-13)16(20)21/h3-8,19H,2,9H2,1H3,(H,20,21). The number of ether oxygens (including phenoxy) is 1. The average Bonchev–Trinajstić information content (AvgIpc) is 2.48. The normalized spacial score (nSPS) is 10.3. The Kier molecular flexibility index (Phi) is 5.85. The second kappa shape index (κ2) is 7.65. The van der Waals surface area contributed by atoms with Gasteiger partial charge in [0.25, 0.3) is 0 Å². The van der Waals surface area contributed by atoms with Crippen molar-refractivity contribution in [1.82, 2.24) is 0 Å². The van der Waals surface area contributed by atoms with Gasteiger partial charge in [-0.1, -0.05) is 15.9 Å². The Morgan fingerprint density at radius 3 is 2.50 bits per heavy atom. The Labute approximate surface area is 145 Å². The zero-order chi connectivity index (χ0) is 16.1. The second-order valence-corrected chi connectivity index (χ2v) is 6.31. The number of aromatic carboxylic acids is 1. The van der Waals surface area contributed by atoms with Gasteiger partial charge in [0, 0.05) is 22.3 Å². The maximum atomic E-state index is 10.8. The van der Waals surface area contributed by atoms with Gasteiger partial charge in [0.1, 0.15) is 5.75 Å². The Balaban J connectivity index is 2.15. The summed E-state index contributed by atoms with van der Waals surface area (Å²) in [6.45, 7) is 3.09. The summed E-state index contributed by atoms with van der Waals surface area (Å²) in [5.74, 6) is -0.124. The molecule has 2 aromatic rings. The molecule has 2 N–H and O–H groups in total. The highest BCUT2D eigenvalue weighted by Gasteiger charge is 2.10. The number of anilines is 1. The van der Waals surface area contributed by atoms with Crippen LogP contribution in [0.1, 0.15) is 22.8 Å². The summed E-state index contributed by atoms with van der Waals surface area (Å²) in [4.78, 5) is 10.8. The van der Waals surface area contributed by atoms with Gasteiger partial charge >= 0.3 is 5.97 Å². The predicted molar refractivity (Wildman–Crippen MR) is 93.7 cm³/mol. The van der Waals surface area contributed by atoms with Crippen LogP contribution in [0.5, 0.6) is 5.75 Å². The Morgan fingerprint density at radius 2 is 1.91 bits per heavy atom. The minimum atomic E-state index is -0.930. The van der Waals surface area contributed by atoms with Gasteiger partial charge in [-0.2, -0.15) is 0 Å².